The van der Waals surface area contributed by atoms with Gasteiger partial charge in [0.25, 0.3) is 0 Å². The summed E-state index contributed by atoms with van der Waals surface area (Å²) in [6.45, 7) is 1.80. The van der Waals surface area contributed by atoms with Crippen LogP contribution in [0.5, 0.6) is 0 Å². The SMILES string of the molecule is Cc1nc(C(O)C2(C#N)CCS(=O)(=O)C2)cs1. The molecule has 1 fully saturated rings. The summed E-state index contributed by atoms with van der Waals surface area (Å²) < 4.78 is 22.9. The number of aromatic nitrogens is 1. The number of thiazole rings is 1. The van der Waals surface area contributed by atoms with Crippen LogP contribution in [-0.4, -0.2) is 30.0 Å². The molecule has 1 aliphatic rings. The number of aliphatic hydroxyl groups is 1. The molecule has 0 aromatic carbocycles. The van der Waals surface area contributed by atoms with Crippen LogP contribution in [-0.2, 0) is 9.84 Å². The molecule has 0 aliphatic carbocycles. The van der Waals surface area contributed by atoms with E-state index < -0.39 is 21.4 Å². The van der Waals surface area contributed by atoms with E-state index in [0.717, 1.165) is 5.01 Å². The molecule has 0 radical (unpaired) electrons. The Kier molecular flexibility index (Phi) is 2.97. The number of nitriles is 1. The zero-order valence-corrected chi connectivity index (χ0v) is 10.9. The maximum Gasteiger partial charge on any atom is 0.152 e. The predicted octanol–water partition coefficient (Wildman–Crippen LogP) is 0.813. The van der Waals surface area contributed by atoms with Crippen molar-refractivity contribution in [3.05, 3.63) is 16.1 Å². The molecule has 1 aromatic heterocycles. The van der Waals surface area contributed by atoms with Gasteiger partial charge in [0.15, 0.2) is 9.84 Å². The van der Waals surface area contributed by atoms with E-state index in [1.165, 1.54) is 11.3 Å². The van der Waals surface area contributed by atoms with Crippen LogP contribution in [0.2, 0.25) is 0 Å². The highest BCUT2D eigenvalue weighted by Crippen LogP contribution is 2.42. The fourth-order valence-electron chi connectivity index (χ4n) is 2.03. The third kappa shape index (κ3) is 2.20. The van der Waals surface area contributed by atoms with Crippen LogP contribution in [0.15, 0.2) is 5.38 Å². The molecule has 2 rings (SSSR count). The predicted molar refractivity (Wildman–Crippen MR) is 63.1 cm³/mol. The summed E-state index contributed by atoms with van der Waals surface area (Å²) in [6, 6.07) is 1.98. The van der Waals surface area contributed by atoms with Crippen molar-refractivity contribution < 1.29 is 13.5 Å². The van der Waals surface area contributed by atoms with Crippen molar-refractivity contribution in [1.29, 1.82) is 5.26 Å². The number of aryl methyl sites for hydroxylation is 1. The highest BCUT2D eigenvalue weighted by Gasteiger charge is 2.49. The first kappa shape index (κ1) is 12.5. The third-order valence-electron chi connectivity index (χ3n) is 3.00. The van der Waals surface area contributed by atoms with Gasteiger partial charge in [-0.15, -0.1) is 11.3 Å². The summed E-state index contributed by atoms with van der Waals surface area (Å²) in [7, 11) is -3.22. The second-order valence-corrected chi connectivity index (χ2v) is 7.55. The molecule has 5 nitrogen and oxygen atoms in total. The van der Waals surface area contributed by atoms with Gasteiger partial charge in [-0.25, -0.2) is 13.4 Å². The summed E-state index contributed by atoms with van der Waals surface area (Å²) in [6.07, 6.45) is -0.960. The lowest BCUT2D eigenvalue weighted by Crippen LogP contribution is -2.29. The molecule has 1 aromatic rings. The summed E-state index contributed by atoms with van der Waals surface area (Å²) in [5.41, 5.74) is -0.842. The van der Waals surface area contributed by atoms with Crippen molar-refractivity contribution >= 4 is 21.2 Å². The highest BCUT2D eigenvalue weighted by molar-refractivity contribution is 7.91. The largest absolute Gasteiger partial charge is 0.385 e. The Labute approximate surface area is 104 Å². The van der Waals surface area contributed by atoms with E-state index in [-0.39, 0.29) is 17.9 Å². The lowest BCUT2D eigenvalue weighted by molar-refractivity contribution is 0.0759. The zero-order valence-electron chi connectivity index (χ0n) is 9.25. The molecule has 92 valence electrons. The molecule has 1 saturated heterocycles. The van der Waals surface area contributed by atoms with E-state index in [0.29, 0.717) is 5.69 Å². The molecule has 2 atom stereocenters. The van der Waals surface area contributed by atoms with Crippen LogP contribution in [0.4, 0.5) is 0 Å². The van der Waals surface area contributed by atoms with Crippen molar-refractivity contribution in [3.8, 4) is 6.07 Å². The normalized spacial score (nSPS) is 28.8. The molecule has 7 heteroatoms. The molecular weight excluding hydrogens is 260 g/mol. The van der Waals surface area contributed by atoms with Crippen molar-refractivity contribution in [2.45, 2.75) is 19.4 Å². The summed E-state index contributed by atoms with van der Waals surface area (Å²) in [4.78, 5) is 4.12. The zero-order chi connectivity index (χ0) is 12.7. The fraction of sp³-hybridized carbons (Fsp3) is 0.600. The number of aliphatic hydroxyl groups excluding tert-OH is 1. The number of sulfone groups is 1. The van der Waals surface area contributed by atoms with Gasteiger partial charge in [0.05, 0.1) is 28.3 Å². The van der Waals surface area contributed by atoms with Crippen LogP contribution in [0.1, 0.15) is 23.2 Å². The van der Waals surface area contributed by atoms with E-state index in [1.54, 1.807) is 12.3 Å². The topological polar surface area (TPSA) is 91.1 Å². The van der Waals surface area contributed by atoms with E-state index in [2.05, 4.69) is 4.98 Å². The van der Waals surface area contributed by atoms with E-state index in [4.69, 9.17) is 0 Å². The van der Waals surface area contributed by atoms with E-state index in [9.17, 15) is 18.8 Å². The molecule has 17 heavy (non-hydrogen) atoms. The van der Waals surface area contributed by atoms with Gasteiger partial charge in [-0.05, 0) is 13.3 Å². The van der Waals surface area contributed by atoms with Gasteiger partial charge in [-0.1, -0.05) is 0 Å². The average Bonchev–Trinajstić information content (AvgIpc) is 2.82. The van der Waals surface area contributed by atoms with Gasteiger partial charge in [-0.3, -0.25) is 0 Å². The van der Waals surface area contributed by atoms with Gasteiger partial charge < -0.3 is 5.11 Å². The Morgan fingerprint density at radius 3 is 2.82 bits per heavy atom. The maximum atomic E-state index is 11.5. The second-order valence-electron chi connectivity index (χ2n) is 4.30. The Balaban J connectivity index is 2.35. The van der Waals surface area contributed by atoms with Gasteiger partial charge in [0.1, 0.15) is 11.5 Å². The molecule has 0 saturated carbocycles. The maximum absolute atomic E-state index is 11.5. The van der Waals surface area contributed by atoms with Gasteiger partial charge in [0, 0.05) is 5.38 Å². The minimum Gasteiger partial charge on any atom is -0.385 e. The van der Waals surface area contributed by atoms with Crippen LogP contribution in [0.3, 0.4) is 0 Å². The standard InChI is InChI=1S/C10H12N2O3S2/c1-7-12-8(4-16-7)9(13)10(5-11)2-3-17(14,15)6-10/h4,9,13H,2-3,6H2,1H3. The minimum atomic E-state index is -3.22. The fourth-order valence-corrected chi connectivity index (χ4v) is 4.63. The van der Waals surface area contributed by atoms with Gasteiger partial charge in [0.2, 0.25) is 0 Å². The van der Waals surface area contributed by atoms with E-state index in [1.807, 2.05) is 6.07 Å². The number of hydrogen-bond donors (Lipinski definition) is 1. The Morgan fingerprint density at radius 1 is 1.71 bits per heavy atom. The Bertz CT molecular complexity index is 573. The molecule has 2 heterocycles. The molecule has 0 bridgehead atoms. The lowest BCUT2D eigenvalue weighted by Gasteiger charge is -2.23. The van der Waals surface area contributed by atoms with Crippen LogP contribution < -0.4 is 0 Å². The monoisotopic (exact) mass is 272 g/mol. The smallest absolute Gasteiger partial charge is 0.152 e. The Morgan fingerprint density at radius 2 is 2.41 bits per heavy atom. The molecule has 2 unspecified atom stereocenters. The first-order valence-corrected chi connectivity index (χ1v) is 7.80. The first-order chi connectivity index (χ1) is 7.88. The molecule has 0 amide bonds. The van der Waals surface area contributed by atoms with Crippen LogP contribution >= 0.6 is 11.3 Å². The summed E-state index contributed by atoms with van der Waals surface area (Å²) >= 11 is 1.37. The van der Waals surface area contributed by atoms with Crippen molar-refractivity contribution in [3.63, 3.8) is 0 Å². The van der Waals surface area contributed by atoms with Crippen LogP contribution in [0, 0.1) is 23.7 Å². The Hall–Kier alpha value is -0.970. The van der Waals surface area contributed by atoms with Crippen molar-refractivity contribution in [1.82, 2.24) is 4.98 Å². The highest BCUT2D eigenvalue weighted by atomic mass is 32.2. The molecule has 1 N–H and O–H groups in total. The van der Waals surface area contributed by atoms with Crippen molar-refractivity contribution in [2.24, 2.45) is 5.41 Å². The van der Waals surface area contributed by atoms with Gasteiger partial charge >= 0.3 is 0 Å². The minimum absolute atomic E-state index is 0.0409. The molecule has 1 aliphatic heterocycles. The van der Waals surface area contributed by atoms with Crippen molar-refractivity contribution in [2.75, 3.05) is 11.5 Å². The molecule has 0 spiro atoms. The quantitative estimate of drug-likeness (QED) is 0.860. The van der Waals surface area contributed by atoms with E-state index >= 15 is 0 Å². The second kappa shape index (κ2) is 4.05. The van der Waals surface area contributed by atoms with Gasteiger partial charge in [-0.2, -0.15) is 5.26 Å². The number of hydrogen-bond acceptors (Lipinski definition) is 6. The summed E-state index contributed by atoms with van der Waals surface area (Å²) in [5.74, 6) is -0.324. The molecular formula is C10H12N2O3S2. The number of rotatable bonds is 2. The first-order valence-electron chi connectivity index (χ1n) is 5.10. The number of nitrogens with zero attached hydrogens (tertiary/aromatic N) is 2. The summed E-state index contributed by atoms with van der Waals surface area (Å²) in [5, 5.41) is 21.8. The lowest BCUT2D eigenvalue weighted by atomic mass is 9.82. The third-order valence-corrected chi connectivity index (χ3v) is 5.57. The van der Waals surface area contributed by atoms with Crippen LogP contribution in [0.25, 0.3) is 0 Å². The average molecular weight is 272 g/mol.